The van der Waals surface area contributed by atoms with Crippen molar-refractivity contribution < 1.29 is 4.79 Å². The summed E-state index contributed by atoms with van der Waals surface area (Å²) >= 11 is 0. The number of aromatic nitrogens is 5. The van der Waals surface area contributed by atoms with Crippen molar-refractivity contribution in [2.75, 3.05) is 19.6 Å². The first-order chi connectivity index (χ1) is 13.4. The molecule has 9 nitrogen and oxygen atoms in total. The SMILES string of the molecule is Cc1nc2c(c(C)c1CC(=O)N1CCNCC1c1nccn1C)c(=O)[nH]n2C.Cl. The van der Waals surface area contributed by atoms with Gasteiger partial charge in [-0.3, -0.25) is 19.4 Å². The number of carbonyl (C=O) groups is 1. The molecule has 4 heterocycles. The fourth-order valence-corrected chi connectivity index (χ4v) is 4.09. The quantitative estimate of drug-likeness (QED) is 0.652. The molecule has 10 heteroatoms. The number of hydrogen-bond acceptors (Lipinski definition) is 5. The Kier molecular flexibility index (Phi) is 5.81. The lowest BCUT2D eigenvalue weighted by atomic mass is 10.0. The third-order valence-electron chi connectivity index (χ3n) is 5.62. The average molecular weight is 420 g/mol. The Hall–Kier alpha value is -2.65. The molecule has 3 aromatic heterocycles. The van der Waals surface area contributed by atoms with Crippen molar-refractivity contribution in [1.82, 2.24) is 34.5 Å². The topological polar surface area (TPSA) is 101 Å². The van der Waals surface area contributed by atoms with E-state index >= 15 is 0 Å². The van der Waals surface area contributed by atoms with E-state index in [2.05, 4.69) is 20.4 Å². The fourth-order valence-electron chi connectivity index (χ4n) is 4.09. The maximum atomic E-state index is 13.3. The summed E-state index contributed by atoms with van der Waals surface area (Å²) in [5, 5.41) is 6.64. The number of pyridine rings is 1. The fraction of sp³-hybridized carbons (Fsp3) is 0.474. The smallest absolute Gasteiger partial charge is 0.273 e. The molecular formula is C19H26ClN7O2. The van der Waals surface area contributed by atoms with Crippen molar-refractivity contribution in [2.45, 2.75) is 26.3 Å². The predicted octanol–water partition coefficient (Wildman–Crippen LogP) is 0.749. The second kappa shape index (κ2) is 8.00. The summed E-state index contributed by atoms with van der Waals surface area (Å²) in [6, 6.07) is -0.112. The zero-order chi connectivity index (χ0) is 20.0. The van der Waals surface area contributed by atoms with Gasteiger partial charge in [-0.15, -0.1) is 12.4 Å². The van der Waals surface area contributed by atoms with Gasteiger partial charge in [0.15, 0.2) is 5.65 Å². The number of fused-ring (bicyclic) bond motifs is 1. The van der Waals surface area contributed by atoms with Crippen LogP contribution in [0.5, 0.6) is 0 Å². The second-order valence-electron chi connectivity index (χ2n) is 7.38. The van der Waals surface area contributed by atoms with Gasteiger partial charge >= 0.3 is 0 Å². The van der Waals surface area contributed by atoms with E-state index in [0.29, 0.717) is 24.1 Å². The van der Waals surface area contributed by atoms with Crippen LogP contribution >= 0.6 is 12.4 Å². The van der Waals surface area contributed by atoms with Crippen molar-refractivity contribution >= 4 is 29.3 Å². The number of aromatic amines is 1. The van der Waals surface area contributed by atoms with Gasteiger partial charge < -0.3 is 14.8 Å². The van der Waals surface area contributed by atoms with E-state index in [-0.39, 0.29) is 36.3 Å². The van der Waals surface area contributed by atoms with Crippen molar-refractivity contribution in [3.05, 3.63) is 45.4 Å². The zero-order valence-corrected chi connectivity index (χ0v) is 17.8. The van der Waals surface area contributed by atoms with Crippen LogP contribution < -0.4 is 10.9 Å². The predicted molar refractivity (Wildman–Crippen MR) is 112 cm³/mol. The molecule has 0 aliphatic carbocycles. The highest BCUT2D eigenvalue weighted by Gasteiger charge is 2.31. The summed E-state index contributed by atoms with van der Waals surface area (Å²) in [6.45, 7) is 5.82. The van der Waals surface area contributed by atoms with Crippen LogP contribution in [-0.4, -0.2) is 54.8 Å². The van der Waals surface area contributed by atoms with E-state index in [1.807, 2.05) is 36.6 Å². The molecule has 1 fully saturated rings. The Morgan fingerprint density at radius 1 is 1.31 bits per heavy atom. The van der Waals surface area contributed by atoms with Gasteiger partial charge in [0.25, 0.3) is 5.56 Å². The number of rotatable bonds is 3. The molecule has 0 aromatic carbocycles. The van der Waals surface area contributed by atoms with Crippen LogP contribution in [0.25, 0.3) is 11.0 Å². The van der Waals surface area contributed by atoms with E-state index in [4.69, 9.17) is 0 Å². The number of nitrogens with zero attached hydrogens (tertiary/aromatic N) is 5. The lowest BCUT2D eigenvalue weighted by molar-refractivity contribution is -0.134. The van der Waals surface area contributed by atoms with Crippen LogP contribution in [0.15, 0.2) is 17.2 Å². The van der Waals surface area contributed by atoms with Crippen LogP contribution in [0, 0.1) is 13.8 Å². The number of aryl methyl sites for hydroxylation is 4. The first kappa shape index (κ1) is 21.1. The minimum absolute atomic E-state index is 0. The van der Waals surface area contributed by atoms with Gasteiger partial charge in [0, 0.05) is 51.8 Å². The number of imidazole rings is 1. The number of hydrogen-bond donors (Lipinski definition) is 2. The molecule has 1 unspecified atom stereocenters. The summed E-state index contributed by atoms with van der Waals surface area (Å²) < 4.78 is 3.57. The maximum Gasteiger partial charge on any atom is 0.273 e. The molecule has 1 aliphatic rings. The minimum Gasteiger partial charge on any atom is -0.336 e. The number of amides is 1. The van der Waals surface area contributed by atoms with Gasteiger partial charge in [-0.1, -0.05) is 0 Å². The van der Waals surface area contributed by atoms with Gasteiger partial charge in [0.1, 0.15) is 11.9 Å². The molecule has 0 bridgehead atoms. The Labute approximate surface area is 174 Å². The van der Waals surface area contributed by atoms with E-state index in [0.717, 1.165) is 29.2 Å². The Morgan fingerprint density at radius 3 is 2.76 bits per heavy atom. The molecule has 1 atom stereocenters. The van der Waals surface area contributed by atoms with Gasteiger partial charge in [-0.05, 0) is 25.0 Å². The Morgan fingerprint density at radius 2 is 2.07 bits per heavy atom. The number of halogens is 1. The van der Waals surface area contributed by atoms with Gasteiger partial charge in [0.2, 0.25) is 5.91 Å². The summed E-state index contributed by atoms with van der Waals surface area (Å²) in [5.74, 6) is 0.885. The number of nitrogens with one attached hydrogen (secondary N) is 2. The normalized spacial score (nSPS) is 16.8. The molecule has 3 aromatic rings. The molecule has 0 saturated carbocycles. The first-order valence-corrected chi connectivity index (χ1v) is 9.40. The van der Waals surface area contributed by atoms with E-state index in [1.54, 1.807) is 17.9 Å². The van der Waals surface area contributed by atoms with Gasteiger partial charge in [-0.25, -0.2) is 9.97 Å². The van der Waals surface area contributed by atoms with Gasteiger partial charge in [0.05, 0.1) is 11.8 Å². The van der Waals surface area contributed by atoms with E-state index < -0.39 is 0 Å². The third kappa shape index (κ3) is 3.56. The summed E-state index contributed by atoms with van der Waals surface area (Å²) in [5.41, 5.74) is 2.86. The van der Waals surface area contributed by atoms with Crippen LogP contribution in [0.1, 0.15) is 28.7 Å². The maximum absolute atomic E-state index is 13.3. The van der Waals surface area contributed by atoms with Crippen LogP contribution in [0.2, 0.25) is 0 Å². The largest absolute Gasteiger partial charge is 0.336 e. The molecular weight excluding hydrogens is 394 g/mol. The van der Waals surface area contributed by atoms with E-state index in [9.17, 15) is 9.59 Å². The summed E-state index contributed by atoms with van der Waals surface area (Å²) in [4.78, 5) is 36.4. The summed E-state index contributed by atoms with van der Waals surface area (Å²) in [7, 11) is 3.70. The molecule has 0 radical (unpaired) electrons. The van der Waals surface area contributed by atoms with E-state index in [1.165, 1.54) is 0 Å². The Balaban J connectivity index is 0.00000240. The van der Waals surface area contributed by atoms with Crippen molar-refractivity contribution in [3.8, 4) is 0 Å². The van der Waals surface area contributed by atoms with Crippen LogP contribution in [0.4, 0.5) is 0 Å². The average Bonchev–Trinajstić information content (AvgIpc) is 3.21. The lowest BCUT2D eigenvalue weighted by Gasteiger charge is -2.36. The lowest BCUT2D eigenvalue weighted by Crippen LogP contribution is -2.50. The van der Waals surface area contributed by atoms with Crippen molar-refractivity contribution in [3.63, 3.8) is 0 Å². The minimum atomic E-state index is -0.177. The highest BCUT2D eigenvalue weighted by molar-refractivity contribution is 5.85. The highest BCUT2D eigenvalue weighted by Crippen LogP contribution is 2.24. The van der Waals surface area contributed by atoms with Crippen LogP contribution in [0.3, 0.4) is 0 Å². The molecule has 1 amide bonds. The molecule has 0 spiro atoms. The second-order valence-corrected chi connectivity index (χ2v) is 7.38. The molecule has 1 aliphatic heterocycles. The Bertz CT molecular complexity index is 1110. The molecule has 29 heavy (non-hydrogen) atoms. The number of carbonyl (C=O) groups excluding carboxylic acids is 1. The molecule has 156 valence electrons. The van der Waals surface area contributed by atoms with Gasteiger partial charge in [-0.2, -0.15) is 0 Å². The number of piperazine rings is 1. The van der Waals surface area contributed by atoms with Crippen molar-refractivity contribution in [1.29, 1.82) is 0 Å². The zero-order valence-electron chi connectivity index (χ0n) is 17.0. The first-order valence-electron chi connectivity index (χ1n) is 9.40. The monoisotopic (exact) mass is 419 g/mol. The molecule has 4 rings (SSSR count). The number of H-pyrrole nitrogens is 1. The van der Waals surface area contributed by atoms with Crippen LogP contribution in [-0.2, 0) is 25.3 Å². The highest BCUT2D eigenvalue weighted by atomic mass is 35.5. The molecule has 2 N–H and O–H groups in total. The standard InChI is InChI=1S/C19H25N7O2.ClH/c1-11-13(12(2)22-18-16(11)19(28)23-25(18)4)9-15(27)26-8-5-20-10-14(26)17-21-6-7-24(17)3;/h6-7,14,20H,5,8-10H2,1-4H3,(H,23,28);1H. The molecule has 1 saturated heterocycles. The summed E-state index contributed by atoms with van der Waals surface area (Å²) in [6.07, 6.45) is 3.86. The van der Waals surface area contributed by atoms with Crippen molar-refractivity contribution in [2.24, 2.45) is 14.1 Å². The third-order valence-corrected chi connectivity index (χ3v) is 5.62.